The van der Waals surface area contributed by atoms with Crippen LogP contribution in [0.3, 0.4) is 0 Å². The number of hydrogen-bond acceptors (Lipinski definition) is 4. The van der Waals surface area contributed by atoms with Gasteiger partial charge in [-0.15, -0.1) is 11.3 Å². The van der Waals surface area contributed by atoms with Gasteiger partial charge in [-0.05, 0) is 37.1 Å². The van der Waals surface area contributed by atoms with Crippen molar-refractivity contribution in [1.82, 2.24) is 15.1 Å². The Bertz CT molecular complexity index is 1260. The van der Waals surface area contributed by atoms with Crippen molar-refractivity contribution in [3.8, 4) is 0 Å². The topological polar surface area (TPSA) is 64.0 Å². The summed E-state index contributed by atoms with van der Waals surface area (Å²) in [5.74, 6) is -0.0307. The third-order valence-electron chi connectivity index (χ3n) is 4.80. The Kier molecular flexibility index (Phi) is 5.78. The number of nitrogens with zero attached hydrogens (tertiary/aromatic N) is 2. The van der Waals surface area contributed by atoms with Gasteiger partial charge in [0, 0.05) is 34.1 Å². The summed E-state index contributed by atoms with van der Waals surface area (Å²) in [6, 6.07) is 15.8. The minimum Gasteiger partial charge on any atom is -0.352 e. The predicted molar refractivity (Wildman–Crippen MR) is 121 cm³/mol. The van der Waals surface area contributed by atoms with Crippen molar-refractivity contribution in [2.24, 2.45) is 0 Å². The number of rotatable bonds is 6. The first-order valence-electron chi connectivity index (χ1n) is 9.43. The lowest BCUT2D eigenvalue weighted by molar-refractivity contribution is -0.121. The SMILES string of the molecule is Cc1nn(CCCC(=O)NCc2cccc(Br)c2)c(=O)c2c1sc1ccccc12. The average molecular weight is 470 g/mol. The highest BCUT2D eigenvalue weighted by Gasteiger charge is 2.14. The molecule has 0 atom stereocenters. The van der Waals surface area contributed by atoms with E-state index < -0.39 is 0 Å². The number of hydrogen-bond donors (Lipinski definition) is 1. The number of amides is 1. The smallest absolute Gasteiger partial charge is 0.276 e. The van der Waals surface area contributed by atoms with Gasteiger partial charge in [0.25, 0.3) is 5.56 Å². The molecule has 1 N–H and O–H groups in total. The number of carbonyl (C=O) groups is 1. The summed E-state index contributed by atoms with van der Waals surface area (Å²) in [7, 11) is 0. The van der Waals surface area contributed by atoms with E-state index in [9.17, 15) is 9.59 Å². The van der Waals surface area contributed by atoms with Crippen molar-refractivity contribution >= 4 is 53.3 Å². The van der Waals surface area contributed by atoms with E-state index in [0.29, 0.717) is 25.9 Å². The van der Waals surface area contributed by atoms with Crippen LogP contribution in [0.5, 0.6) is 0 Å². The normalized spacial score (nSPS) is 11.2. The first-order valence-corrected chi connectivity index (χ1v) is 11.0. The standard InChI is InChI=1S/C22H20BrN3O2S/c1-14-21-20(17-8-2-3-9-18(17)29-21)22(28)26(25-14)11-5-10-19(27)24-13-15-6-4-7-16(23)12-15/h2-4,6-9,12H,5,10-11,13H2,1H3,(H,24,27). The molecule has 5 nitrogen and oxygen atoms in total. The molecule has 0 aliphatic heterocycles. The zero-order valence-corrected chi connectivity index (χ0v) is 18.3. The van der Waals surface area contributed by atoms with Gasteiger partial charge in [0.15, 0.2) is 0 Å². The molecule has 7 heteroatoms. The van der Waals surface area contributed by atoms with Crippen molar-refractivity contribution in [3.05, 3.63) is 74.6 Å². The van der Waals surface area contributed by atoms with Crippen molar-refractivity contribution in [2.75, 3.05) is 0 Å². The fourth-order valence-electron chi connectivity index (χ4n) is 3.39. The van der Waals surface area contributed by atoms with E-state index in [-0.39, 0.29) is 11.5 Å². The molecule has 2 aromatic heterocycles. The van der Waals surface area contributed by atoms with E-state index >= 15 is 0 Å². The number of aromatic nitrogens is 2. The number of fused-ring (bicyclic) bond motifs is 3. The first kappa shape index (κ1) is 19.8. The Labute approximate surface area is 180 Å². The number of benzene rings is 2. The molecular formula is C22H20BrN3O2S. The number of nitrogens with one attached hydrogen (secondary N) is 1. The molecular weight excluding hydrogens is 450 g/mol. The van der Waals surface area contributed by atoms with Gasteiger partial charge in [0.2, 0.25) is 5.91 Å². The van der Waals surface area contributed by atoms with Crippen LogP contribution in [-0.4, -0.2) is 15.7 Å². The molecule has 148 valence electrons. The average Bonchev–Trinajstić information content (AvgIpc) is 3.11. The molecule has 0 radical (unpaired) electrons. The number of thiophene rings is 1. The van der Waals surface area contributed by atoms with E-state index in [1.165, 1.54) is 4.68 Å². The largest absolute Gasteiger partial charge is 0.352 e. The summed E-state index contributed by atoms with van der Waals surface area (Å²) in [6.07, 6.45) is 0.911. The monoisotopic (exact) mass is 469 g/mol. The summed E-state index contributed by atoms with van der Waals surface area (Å²) >= 11 is 5.03. The molecule has 4 rings (SSSR count). The molecule has 0 bridgehead atoms. The third kappa shape index (κ3) is 4.26. The Hall–Kier alpha value is -2.51. The van der Waals surface area contributed by atoms with Crippen LogP contribution in [0.15, 0.2) is 57.8 Å². The Morgan fingerprint density at radius 1 is 1.21 bits per heavy atom. The first-order chi connectivity index (χ1) is 14.0. The van der Waals surface area contributed by atoms with Gasteiger partial charge in [-0.3, -0.25) is 9.59 Å². The fraction of sp³-hybridized carbons (Fsp3) is 0.227. The molecule has 2 aromatic carbocycles. The van der Waals surface area contributed by atoms with Gasteiger partial charge >= 0.3 is 0 Å². The lowest BCUT2D eigenvalue weighted by Gasteiger charge is -2.08. The van der Waals surface area contributed by atoms with Crippen LogP contribution in [0, 0.1) is 6.92 Å². The Morgan fingerprint density at radius 2 is 2.03 bits per heavy atom. The van der Waals surface area contributed by atoms with Crippen LogP contribution in [0.2, 0.25) is 0 Å². The molecule has 1 amide bonds. The summed E-state index contributed by atoms with van der Waals surface area (Å²) in [5, 5.41) is 9.11. The molecule has 0 aliphatic rings. The maximum absolute atomic E-state index is 13.0. The van der Waals surface area contributed by atoms with Gasteiger partial charge in [0.05, 0.1) is 15.8 Å². The lowest BCUT2D eigenvalue weighted by atomic mass is 10.2. The highest BCUT2D eigenvalue weighted by atomic mass is 79.9. The van der Waals surface area contributed by atoms with Crippen molar-refractivity contribution in [3.63, 3.8) is 0 Å². The quantitative estimate of drug-likeness (QED) is 0.441. The van der Waals surface area contributed by atoms with E-state index in [4.69, 9.17) is 0 Å². The number of halogens is 1. The Balaban J connectivity index is 1.43. The molecule has 0 saturated carbocycles. The lowest BCUT2D eigenvalue weighted by Crippen LogP contribution is -2.26. The molecule has 2 heterocycles. The number of aryl methyl sites for hydroxylation is 2. The second-order valence-electron chi connectivity index (χ2n) is 6.93. The zero-order valence-electron chi connectivity index (χ0n) is 15.9. The summed E-state index contributed by atoms with van der Waals surface area (Å²) in [4.78, 5) is 25.1. The molecule has 0 saturated heterocycles. The van der Waals surface area contributed by atoms with Gasteiger partial charge in [0.1, 0.15) is 0 Å². The zero-order chi connectivity index (χ0) is 20.4. The van der Waals surface area contributed by atoms with Gasteiger partial charge in [-0.25, -0.2) is 4.68 Å². The highest BCUT2D eigenvalue weighted by molar-refractivity contribution is 9.10. The van der Waals surface area contributed by atoms with E-state index in [0.717, 1.165) is 35.9 Å². The summed E-state index contributed by atoms with van der Waals surface area (Å²) in [5.41, 5.74) is 1.80. The minimum absolute atomic E-state index is 0.0307. The van der Waals surface area contributed by atoms with E-state index in [2.05, 4.69) is 26.3 Å². The van der Waals surface area contributed by atoms with E-state index in [1.54, 1.807) is 11.3 Å². The molecule has 0 unspecified atom stereocenters. The molecule has 4 aromatic rings. The van der Waals surface area contributed by atoms with Crippen LogP contribution in [-0.2, 0) is 17.9 Å². The van der Waals surface area contributed by atoms with Crippen LogP contribution in [0.4, 0.5) is 0 Å². The number of carbonyl (C=O) groups excluding carboxylic acids is 1. The van der Waals surface area contributed by atoms with Crippen molar-refractivity contribution in [2.45, 2.75) is 32.9 Å². The highest BCUT2D eigenvalue weighted by Crippen LogP contribution is 2.32. The fourth-order valence-corrected chi connectivity index (χ4v) is 4.97. The molecule has 0 aliphatic carbocycles. The van der Waals surface area contributed by atoms with Gasteiger partial charge in [-0.1, -0.05) is 46.3 Å². The van der Waals surface area contributed by atoms with Crippen LogP contribution < -0.4 is 10.9 Å². The molecule has 0 spiro atoms. The maximum atomic E-state index is 13.0. The summed E-state index contributed by atoms with van der Waals surface area (Å²) < 4.78 is 4.52. The van der Waals surface area contributed by atoms with Crippen LogP contribution >= 0.6 is 27.3 Å². The maximum Gasteiger partial charge on any atom is 0.276 e. The van der Waals surface area contributed by atoms with Crippen molar-refractivity contribution < 1.29 is 4.79 Å². The van der Waals surface area contributed by atoms with Gasteiger partial charge in [-0.2, -0.15) is 5.10 Å². The van der Waals surface area contributed by atoms with Gasteiger partial charge < -0.3 is 5.32 Å². The predicted octanol–water partition coefficient (Wildman–Crippen LogP) is 4.78. The van der Waals surface area contributed by atoms with E-state index in [1.807, 2.05) is 55.5 Å². The second kappa shape index (κ2) is 8.47. The molecule has 0 fully saturated rings. The van der Waals surface area contributed by atoms with Crippen molar-refractivity contribution in [1.29, 1.82) is 0 Å². The Morgan fingerprint density at radius 3 is 2.86 bits per heavy atom. The second-order valence-corrected chi connectivity index (χ2v) is 8.89. The third-order valence-corrected chi connectivity index (χ3v) is 6.57. The van der Waals surface area contributed by atoms with Crippen LogP contribution in [0.1, 0.15) is 24.1 Å². The van der Waals surface area contributed by atoms with Crippen LogP contribution in [0.25, 0.3) is 20.2 Å². The molecule has 29 heavy (non-hydrogen) atoms. The minimum atomic E-state index is -0.0856. The summed E-state index contributed by atoms with van der Waals surface area (Å²) in [6.45, 7) is 2.84.